The Morgan fingerprint density at radius 1 is 1.33 bits per heavy atom. The van der Waals surface area contributed by atoms with Crippen LogP contribution in [-0.2, 0) is 9.59 Å². The minimum Gasteiger partial charge on any atom is -0.480 e. The molecule has 0 saturated heterocycles. The molecular formula is C13H17N3O5. The van der Waals surface area contributed by atoms with E-state index in [0.29, 0.717) is 12.1 Å². The minimum absolute atomic E-state index is 0.0736. The predicted molar refractivity (Wildman–Crippen MR) is 76.1 cm³/mol. The predicted octanol–water partition coefficient (Wildman–Crippen LogP) is 1.38. The summed E-state index contributed by atoms with van der Waals surface area (Å²) >= 11 is 0. The summed E-state index contributed by atoms with van der Waals surface area (Å²) in [6.07, 6.45) is 0.327. The van der Waals surface area contributed by atoms with E-state index in [2.05, 4.69) is 10.6 Å². The first-order valence-electron chi connectivity index (χ1n) is 6.31. The van der Waals surface area contributed by atoms with Crippen molar-refractivity contribution in [3.8, 4) is 0 Å². The number of hydrogen-bond acceptors (Lipinski definition) is 5. The van der Waals surface area contributed by atoms with Gasteiger partial charge in [0.1, 0.15) is 5.54 Å². The third kappa shape index (κ3) is 4.53. The molecule has 1 aromatic rings. The smallest absolute Gasteiger partial charge is 0.323 e. The Morgan fingerprint density at radius 2 is 1.90 bits per heavy atom. The number of nitrogens with zero attached hydrogens (tertiary/aromatic N) is 1. The van der Waals surface area contributed by atoms with Crippen LogP contribution in [0.5, 0.6) is 0 Å². The van der Waals surface area contributed by atoms with Crippen LogP contribution in [0, 0.1) is 10.1 Å². The normalized spacial score (nSPS) is 13.2. The number of nitro benzene ring substituents is 1. The largest absolute Gasteiger partial charge is 0.480 e. The highest BCUT2D eigenvalue weighted by atomic mass is 16.6. The number of nitrogens with one attached hydrogen (secondary N) is 2. The van der Waals surface area contributed by atoms with Crippen LogP contribution in [0.15, 0.2) is 24.3 Å². The fraction of sp³-hybridized carbons (Fsp3) is 0.385. The van der Waals surface area contributed by atoms with Gasteiger partial charge in [-0.2, -0.15) is 0 Å². The van der Waals surface area contributed by atoms with Crippen molar-refractivity contribution in [1.29, 1.82) is 0 Å². The molecule has 0 fully saturated rings. The molecule has 0 spiro atoms. The number of amides is 1. The van der Waals surface area contributed by atoms with Gasteiger partial charge in [-0.15, -0.1) is 0 Å². The summed E-state index contributed by atoms with van der Waals surface area (Å²) in [4.78, 5) is 32.7. The van der Waals surface area contributed by atoms with Crippen LogP contribution in [0.25, 0.3) is 0 Å². The van der Waals surface area contributed by atoms with Crippen molar-refractivity contribution < 1.29 is 19.6 Å². The number of benzene rings is 1. The third-order valence-corrected chi connectivity index (χ3v) is 3.18. The topological polar surface area (TPSA) is 122 Å². The maximum absolute atomic E-state index is 11.7. The van der Waals surface area contributed by atoms with E-state index in [-0.39, 0.29) is 12.2 Å². The Bertz CT molecular complexity index is 543. The third-order valence-electron chi connectivity index (χ3n) is 3.18. The molecule has 0 heterocycles. The minimum atomic E-state index is -1.17. The van der Waals surface area contributed by atoms with E-state index in [1.165, 1.54) is 31.2 Å². The van der Waals surface area contributed by atoms with Crippen molar-refractivity contribution in [2.75, 3.05) is 11.9 Å². The molecule has 0 bridgehead atoms. The highest BCUT2D eigenvalue weighted by Crippen LogP contribution is 2.15. The highest BCUT2D eigenvalue weighted by molar-refractivity contribution is 5.93. The Balaban J connectivity index is 2.58. The first-order valence-corrected chi connectivity index (χ1v) is 6.31. The summed E-state index contributed by atoms with van der Waals surface area (Å²) in [6.45, 7) is 3.03. The maximum atomic E-state index is 11.7. The van der Waals surface area contributed by atoms with Gasteiger partial charge in [0.25, 0.3) is 5.69 Å². The van der Waals surface area contributed by atoms with Crippen molar-refractivity contribution >= 4 is 23.3 Å². The van der Waals surface area contributed by atoms with Crippen molar-refractivity contribution in [2.24, 2.45) is 0 Å². The first kappa shape index (κ1) is 16.6. The Hall–Kier alpha value is -2.48. The van der Waals surface area contributed by atoms with Gasteiger partial charge in [-0.05, 0) is 25.5 Å². The van der Waals surface area contributed by atoms with Gasteiger partial charge in [0.2, 0.25) is 5.91 Å². The van der Waals surface area contributed by atoms with Crippen molar-refractivity contribution in [3.05, 3.63) is 34.4 Å². The van der Waals surface area contributed by atoms with Crippen LogP contribution >= 0.6 is 0 Å². The summed E-state index contributed by atoms with van der Waals surface area (Å²) in [5.41, 5.74) is -0.844. The molecule has 1 unspecified atom stereocenters. The van der Waals surface area contributed by atoms with Crippen LogP contribution in [0.1, 0.15) is 20.3 Å². The Kier molecular flexibility index (Phi) is 5.37. The molecule has 0 aliphatic heterocycles. The van der Waals surface area contributed by atoms with Crippen molar-refractivity contribution in [3.63, 3.8) is 0 Å². The molecule has 1 aromatic carbocycles. The molecule has 3 N–H and O–H groups in total. The molecule has 1 rings (SSSR count). The van der Waals surface area contributed by atoms with Crippen LogP contribution < -0.4 is 10.6 Å². The SMILES string of the molecule is CCC(C)(NCC(=O)Nc1ccc([N+](=O)[O-])cc1)C(=O)O. The molecule has 8 heteroatoms. The number of carbonyl (C=O) groups excluding carboxylic acids is 1. The fourth-order valence-corrected chi connectivity index (χ4v) is 1.50. The number of rotatable bonds is 7. The van der Waals surface area contributed by atoms with Gasteiger partial charge < -0.3 is 10.4 Å². The van der Waals surface area contributed by atoms with Crippen LogP contribution in [-0.4, -0.2) is 34.0 Å². The van der Waals surface area contributed by atoms with Gasteiger partial charge in [0.05, 0.1) is 11.5 Å². The first-order chi connectivity index (χ1) is 9.78. The number of non-ortho nitro benzene ring substituents is 1. The van der Waals surface area contributed by atoms with E-state index in [1.807, 2.05) is 0 Å². The number of nitro groups is 1. The van der Waals surface area contributed by atoms with E-state index in [4.69, 9.17) is 5.11 Å². The Labute approximate surface area is 121 Å². The summed E-state index contributed by atoms with van der Waals surface area (Å²) in [6, 6.07) is 5.37. The second-order valence-corrected chi connectivity index (χ2v) is 4.70. The van der Waals surface area contributed by atoms with E-state index in [1.54, 1.807) is 6.92 Å². The lowest BCUT2D eigenvalue weighted by atomic mass is 9.99. The zero-order valence-electron chi connectivity index (χ0n) is 11.8. The molecule has 0 aliphatic carbocycles. The number of aliphatic carboxylic acids is 1. The molecule has 0 aliphatic rings. The molecule has 1 amide bonds. The Morgan fingerprint density at radius 3 is 2.33 bits per heavy atom. The molecular weight excluding hydrogens is 278 g/mol. The molecule has 8 nitrogen and oxygen atoms in total. The number of carboxylic acids is 1. The lowest BCUT2D eigenvalue weighted by Gasteiger charge is -2.24. The van der Waals surface area contributed by atoms with E-state index < -0.39 is 22.3 Å². The average Bonchev–Trinajstić information content (AvgIpc) is 2.45. The summed E-state index contributed by atoms with van der Waals surface area (Å²) < 4.78 is 0. The highest BCUT2D eigenvalue weighted by Gasteiger charge is 2.30. The molecule has 21 heavy (non-hydrogen) atoms. The number of hydrogen-bond donors (Lipinski definition) is 3. The zero-order chi connectivity index (χ0) is 16.0. The summed E-state index contributed by atoms with van der Waals surface area (Å²) in [7, 11) is 0. The van der Waals surface area contributed by atoms with E-state index in [0.717, 1.165) is 0 Å². The average molecular weight is 295 g/mol. The quantitative estimate of drug-likeness (QED) is 0.516. The lowest BCUT2D eigenvalue weighted by molar-refractivity contribution is -0.384. The summed E-state index contributed by atoms with van der Waals surface area (Å²) in [5, 5.41) is 24.8. The second kappa shape index (κ2) is 6.80. The van der Waals surface area contributed by atoms with Gasteiger partial charge in [0.15, 0.2) is 0 Å². The second-order valence-electron chi connectivity index (χ2n) is 4.70. The lowest BCUT2D eigenvalue weighted by Crippen LogP contribution is -2.51. The number of carboxylic acid groups (broad SMARTS) is 1. The molecule has 1 atom stereocenters. The fourth-order valence-electron chi connectivity index (χ4n) is 1.50. The van der Waals surface area contributed by atoms with Gasteiger partial charge in [-0.1, -0.05) is 6.92 Å². The molecule has 114 valence electrons. The van der Waals surface area contributed by atoms with Crippen molar-refractivity contribution in [1.82, 2.24) is 5.32 Å². The van der Waals surface area contributed by atoms with Crippen molar-refractivity contribution in [2.45, 2.75) is 25.8 Å². The number of carbonyl (C=O) groups is 2. The van der Waals surface area contributed by atoms with Crippen LogP contribution in [0.2, 0.25) is 0 Å². The van der Waals surface area contributed by atoms with Gasteiger partial charge in [-0.25, -0.2) is 0 Å². The molecule has 0 radical (unpaired) electrons. The monoisotopic (exact) mass is 295 g/mol. The zero-order valence-corrected chi connectivity index (χ0v) is 11.8. The van der Waals surface area contributed by atoms with Gasteiger partial charge in [-0.3, -0.25) is 25.0 Å². The van der Waals surface area contributed by atoms with Crippen LogP contribution in [0.3, 0.4) is 0 Å². The van der Waals surface area contributed by atoms with Gasteiger partial charge in [0, 0.05) is 17.8 Å². The standard InChI is InChI=1S/C13H17N3O5/c1-3-13(2,12(18)19)14-8-11(17)15-9-4-6-10(7-5-9)16(20)21/h4-7,14H,3,8H2,1-2H3,(H,15,17)(H,18,19). The maximum Gasteiger partial charge on any atom is 0.323 e. The molecule has 0 saturated carbocycles. The van der Waals surface area contributed by atoms with Gasteiger partial charge >= 0.3 is 5.97 Å². The number of anilines is 1. The van der Waals surface area contributed by atoms with E-state index in [9.17, 15) is 19.7 Å². The van der Waals surface area contributed by atoms with Crippen LogP contribution in [0.4, 0.5) is 11.4 Å². The molecule has 0 aromatic heterocycles. The van der Waals surface area contributed by atoms with E-state index >= 15 is 0 Å². The summed E-state index contributed by atoms with van der Waals surface area (Å²) in [5.74, 6) is -1.46.